The van der Waals surface area contributed by atoms with Crippen LogP contribution < -0.4 is 15.4 Å². The monoisotopic (exact) mass is 278 g/mol. The van der Waals surface area contributed by atoms with E-state index >= 15 is 0 Å². The third-order valence-corrected chi connectivity index (χ3v) is 3.65. The minimum Gasteiger partial charge on any atom is -0.489 e. The predicted molar refractivity (Wildman–Crippen MR) is 83.4 cm³/mol. The molecule has 1 atom stereocenters. The third-order valence-electron chi connectivity index (χ3n) is 3.65. The predicted octanol–water partition coefficient (Wildman–Crippen LogP) is 2.92. The number of hydrogen-bond donors (Lipinski definition) is 1. The molecular formula is C16H26N2O2. The first-order valence-corrected chi connectivity index (χ1v) is 7.40. The van der Waals surface area contributed by atoms with Crippen molar-refractivity contribution in [2.24, 2.45) is 5.92 Å². The average molecular weight is 278 g/mol. The van der Waals surface area contributed by atoms with Crippen LogP contribution in [0.3, 0.4) is 0 Å². The maximum Gasteiger partial charge on any atom is 0.144 e. The maximum atomic E-state index is 5.98. The molecule has 1 saturated heterocycles. The van der Waals surface area contributed by atoms with Crippen molar-refractivity contribution in [2.75, 3.05) is 37.4 Å². The van der Waals surface area contributed by atoms with Crippen molar-refractivity contribution in [3.8, 4) is 5.75 Å². The molecule has 0 saturated carbocycles. The molecule has 1 aromatic carbocycles. The van der Waals surface area contributed by atoms with Crippen LogP contribution in [0, 0.1) is 5.92 Å². The van der Waals surface area contributed by atoms with Crippen LogP contribution in [0.1, 0.15) is 26.7 Å². The van der Waals surface area contributed by atoms with Gasteiger partial charge < -0.3 is 20.1 Å². The van der Waals surface area contributed by atoms with Crippen LogP contribution in [-0.4, -0.2) is 32.9 Å². The number of piperidine rings is 1. The highest BCUT2D eigenvalue weighted by Crippen LogP contribution is 2.31. The lowest BCUT2D eigenvalue weighted by Crippen LogP contribution is -2.37. The zero-order valence-corrected chi connectivity index (χ0v) is 12.8. The molecular weight excluding hydrogens is 252 g/mol. The van der Waals surface area contributed by atoms with E-state index in [0.717, 1.165) is 25.4 Å². The van der Waals surface area contributed by atoms with E-state index in [1.54, 1.807) is 7.11 Å². The second-order valence-electron chi connectivity index (χ2n) is 5.80. The first-order chi connectivity index (χ1) is 9.60. The molecule has 0 amide bonds. The SMILES string of the molecule is COCC1CCCN(c2ccc(N)c(OC(C)C)c2)C1. The van der Waals surface area contributed by atoms with Gasteiger partial charge in [0.1, 0.15) is 5.75 Å². The van der Waals surface area contributed by atoms with Crippen molar-refractivity contribution in [1.82, 2.24) is 0 Å². The Hall–Kier alpha value is -1.42. The Bertz CT molecular complexity index is 432. The van der Waals surface area contributed by atoms with E-state index in [1.807, 2.05) is 19.9 Å². The summed E-state index contributed by atoms with van der Waals surface area (Å²) in [6.45, 7) is 6.99. The molecule has 1 aromatic rings. The highest BCUT2D eigenvalue weighted by molar-refractivity contribution is 5.62. The second kappa shape index (κ2) is 6.84. The first-order valence-electron chi connectivity index (χ1n) is 7.40. The number of nitrogen functional groups attached to an aromatic ring is 1. The number of rotatable bonds is 5. The highest BCUT2D eigenvalue weighted by Gasteiger charge is 2.20. The number of hydrogen-bond acceptors (Lipinski definition) is 4. The van der Waals surface area contributed by atoms with Gasteiger partial charge in [-0.15, -0.1) is 0 Å². The molecule has 4 heteroatoms. The number of ether oxygens (including phenoxy) is 2. The molecule has 1 aliphatic heterocycles. The van der Waals surface area contributed by atoms with E-state index in [-0.39, 0.29) is 6.10 Å². The normalized spacial score (nSPS) is 19.4. The van der Waals surface area contributed by atoms with Crippen molar-refractivity contribution in [2.45, 2.75) is 32.8 Å². The molecule has 0 bridgehead atoms. The van der Waals surface area contributed by atoms with Gasteiger partial charge in [-0.1, -0.05) is 0 Å². The fourth-order valence-corrected chi connectivity index (χ4v) is 2.75. The van der Waals surface area contributed by atoms with Crippen LogP contribution in [0.25, 0.3) is 0 Å². The van der Waals surface area contributed by atoms with Crippen molar-refractivity contribution in [3.05, 3.63) is 18.2 Å². The Morgan fingerprint density at radius 2 is 2.20 bits per heavy atom. The quantitative estimate of drug-likeness (QED) is 0.841. The van der Waals surface area contributed by atoms with Gasteiger partial charge in [0, 0.05) is 32.0 Å². The lowest BCUT2D eigenvalue weighted by molar-refractivity contribution is 0.143. The first kappa shape index (κ1) is 15.0. The maximum absolute atomic E-state index is 5.98. The molecule has 0 spiro atoms. The summed E-state index contributed by atoms with van der Waals surface area (Å²) in [5, 5.41) is 0. The average Bonchev–Trinajstić information content (AvgIpc) is 2.41. The van der Waals surface area contributed by atoms with Crippen LogP contribution in [-0.2, 0) is 4.74 Å². The van der Waals surface area contributed by atoms with E-state index in [9.17, 15) is 0 Å². The van der Waals surface area contributed by atoms with Crippen LogP contribution in [0.5, 0.6) is 5.75 Å². The number of anilines is 2. The summed E-state index contributed by atoms with van der Waals surface area (Å²) < 4.78 is 11.1. The molecule has 1 heterocycles. The van der Waals surface area contributed by atoms with Crippen LogP contribution >= 0.6 is 0 Å². The fourth-order valence-electron chi connectivity index (χ4n) is 2.75. The topological polar surface area (TPSA) is 47.7 Å². The van der Waals surface area contributed by atoms with Crippen molar-refractivity contribution >= 4 is 11.4 Å². The summed E-state index contributed by atoms with van der Waals surface area (Å²) >= 11 is 0. The minimum absolute atomic E-state index is 0.134. The number of nitrogens with zero attached hydrogens (tertiary/aromatic N) is 1. The molecule has 0 radical (unpaired) electrons. The molecule has 1 aliphatic rings. The zero-order valence-electron chi connectivity index (χ0n) is 12.8. The van der Waals surface area contributed by atoms with Gasteiger partial charge in [0.15, 0.2) is 0 Å². The smallest absolute Gasteiger partial charge is 0.144 e. The Balaban J connectivity index is 2.11. The van der Waals surface area contributed by atoms with Gasteiger partial charge in [0.2, 0.25) is 0 Å². The molecule has 112 valence electrons. The molecule has 0 aliphatic carbocycles. The molecule has 0 aromatic heterocycles. The molecule has 2 rings (SSSR count). The molecule has 20 heavy (non-hydrogen) atoms. The van der Waals surface area contributed by atoms with Gasteiger partial charge >= 0.3 is 0 Å². The van der Waals surface area contributed by atoms with Crippen LogP contribution in [0.15, 0.2) is 18.2 Å². The fraction of sp³-hybridized carbons (Fsp3) is 0.625. The van der Waals surface area contributed by atoms with Gasteiger partial charge in [-0.05, 0) is 44.7 Å². The number of methoxy groups -OCH3 is 1. The standard InChI is InChI=1S/C16H26N2O2/c1-12(2)20-16-9-14(6-7-15(16)17)18-8-4-5-13(10-18)11-19-3/h6-7,9,12-13H,4-5,8,10-11,17H2,1-3H3. The van der Waals surface area contributed by atoms with E-state index in [0.29, 0.717) is 11.6 Å². The third kappa shape index (κ3) is 3.79. The van der Waals surface area contributed by atoms with Gasteiger partial charge in [-0.2, -0.15) is 0 Å². The molecule has 2 N–H and O–H groups in total. The number of nitrogens with two attached hydrogens (primary N) is 1. The lowest BCUT2D eigenvalue weighted by atomic mass is 9.98. The highest BCUT2D eigenvalue weighted by atomic mass is 16.5. The summed E-state index contributed by atoms with van der Waals surface area (Å²) in [4.78, 5) is 2.40. The number of benzene rings is 1. The summed E-state index contributed by atoms with van der Waals surface area (Å²) in [7, 11) is 1.77. The summed E-state index contributed by atoms with van der Waals surface area (Å²) in [6.07, 6.45) is 2.59. The van der Waals surface area contributed by atoms with Crippen molar-refractivity contribution in [3.63, 3.8) is 0 Å². The molecule has 1 unspecified atom stereocenters. The Labute approximate surface area is 121 Å². The van der Waals surface area contributed by atoms with Gasteiger partial charge in [0.25, 0.3) is 0 Å². The largest absolute Gasteiger partial charge is 0.489 e. The van der Waals surface area contributed by atoms with E-state index < -0.39 is 0 Å². The summed E-state index contributed by atoms with van der Waals surface area (Å²) in [5.41, 5.74) is 7.87. The lowest BCUT2D eigenvalue weighted by Gasteiger charge is -2.34. The Morgan fingerprint density at radius 1 is 1.40 bits per heavy atom. The Morgan fingerprint density at radius 3 is 2.90 bits per heavy atom. The van der Waals surface area contributed by atoms with E-state index in [2.05, 4.69) is 17.0 Å². The molecule has 1 fully saturated rings. The second-order valence-corrected chi connectivity index (χ2v) is 5.80. The van der Waals surface area contributed by atoms with Gasteiger partial charge in [-0.3, -0.25) is 0 Å². The van der Waals surface area contributed by atoms with Crippen molar-refractivity contribution in [1.29, 1.82) is 0 Å². The van der Waals surface area contributed by atoms with E-state index in [1.165, 1.54) is 18.5 Å². The summed E-state index contributed by atoms with van der Waals surface area (Å²) in [5.74, 6) is 1.40. The van der Waals surface area contributed by atoms with E-state index in [4.69, 9.17) is 15.2 Å². The van der Waals surface area contributed by atoms with Crippen molar-refractivity contribution < 1.29 is 9.47 Å². The zero-order chi connectivity index (χ0) is 14.5. The Kier molecular flexibility index (Phi) is 5.12. The van der Waals surface area contributed by atoms with Gasteiger partial charge in [0.05, 0.1) is 18.4 Å². The summed E-state index contributed by atoms with van der Waals surface area (Å²) in [6, 6.07) is 6.08. The van der Waals surface area contributed by atoms with Gasteiger partial charge in [-0.25, -0.2) is 0 Å². The van der Waals surface area contributed by atoms with Crippen LogP contribution in [0.2, 0.25) is 0 Å². The molecule has 4 nitrogen and oxygen atoms in total. The van der Waals surface area contributed by atoms with Crippen LogP contribution in [0.4, 0.5) is 11.4 Å². The minimum atomic E-state index is 0.134.